The Labute approximate surface area is 143 Å². The van der Waals surface area contributed by atoms with Crippen LogP contribution in [0.15, 0.2) is 16.9 Å². The number of aromatic nitrogens is 1. The molecule has 1 aromatic heterocycles. The number of urea groups is 1. The van der Waals surface area contributed by atoms with Gasteiger partial charge in [-0.2, -0.15) is 0 Å². The second-order valence-electron chi connectivity index (χ2n) is 7.62. The molecule has 2 aliphatic rings. The minimum Gasteiger partial charge on any atom is -0.378 e. The molecule has 1 aliphatic carbocycles. The number of carbonyl (C=O) groups excluding carboxylic acids is 1. The molecule has 134 valence electrons. The minimum atomic E-state index is -0.165. The minimum absolute atomic E-state index is 0.0346. The average molecular weight is 336 g/mol. The maximum Gasteiger partial charge on any atom is 0.317 e. The first kappa shape index (κ1) is 17.2. The van der Waals surface area contributed by atoms with Gasteiger partial charge in [0.25, 0.3) is 0 Å². The van der Waals surface area contributed by atoms with Gasteiger partial charge in [0.15, 0.2) is 0 Å². The van der Waals surface area contributed by atoms with E-state index in [4.69, 9.17) is 9.26 Å². The van der Waals surface area contributed by atoms with Crippen LogP contribution in [0.1, 0.15) is 32.9 Å². The van der Waals surface area contributed by atoms with Crippen molar-refractivity contribution in [1.82, 2.24) is 20.3 Å². The Bertz CT molecular complexity index is 566. The van der Waals surface area contributed by atoms with E-state index in [1.54, 1.807) is 13.4 Å². The molecule has 1 saturated carbocycles. The number of methoxy groups -OCH3 is 1. The zero-order valence-corrected chi connectivity index (χ0v) is 15.0. The summed E-state index contributed by atoms with van der Waals surface area (Å²) in [7, 11) is 1.74. The lowest BCUT2D eigenvalue weighted by Gasteiger charge is -2.59. The van der Waals surface area contributed by atoms with Crippen molar-refractivity contribution in [3.05, 3.63) is 18.0 Å². The summed E-state index contributed by atoms with van der Waals surface area (Å²) in [6, 6.07) is 2.07. The van der Waals surface area contributed by atoms with Gasteiger partial charge in [-0.25, -0.2) is 4.79 Å². The highest BCUT2D eigenvalue weighted by Crippen LogP contribution is 2.51. The first-order chi connectivity index (χ1) is 11.4. The molecular weight excluding hydrogens is 308 g/mol. The molecule has 0 radical (unpaired) electrons. The Hall–Kier alpha value is -1.60. The van der Waals surface area contributed by atoms with Crippen molar-refractivity contribution in [3.8, 4) is 0 Å². The van der Waals surface area contributed by atoms with Crippen LogP contribution in [0.2, 0.25) is 0 Å². The molecule has 2 fully saturated rings. The summed E-state index contributed by atoms with van der Waals surface area (Å²) in [5.41, 5.74) is 0.705. The summed E-state index contributed by atoms with van der Waals surface area (Å²) in [5.74, 6) is 0. The van der Waals surface area contributed by atoms with Gasteiger partial charge in [-0.05, 0) is 13.3 Å². The van der Waals surface area contributed by atoms with Gasteiger partial charge in [0.1, 0.15) is 6.26 Å². The van der Waals surface area contributed by atoms with E-state index in [2.05, 4.69) is 36.1 Å². The molecule has 2 atom stereocenters. The fourth-order valence-electron chi connectivity index (χ4n) is 3.62. The van der Waals surface area contributed by atoms with E-state index in [9.17, 15) is 4.79 Å². The average Bonchev–Trinajstić information content (AvgIpc) is 3.07. The third-order valence-electron chi connectivity index (χ3n) is 6.11. The van der Waals surface area contributed by atoms with E-state index in [1.807, 2.05) is 11.0 Å². The molecule has 24 heavy (non-hydrogen) atoms. The van der Waals surface area contributed by atoms with Crippen LogP contribution >= 0.6 is 0 Å². The van der Waals surface area contributed by atoms with Crippen LogP contribution in [-0.4, -0.2) is 65.9 Å². The molecular formula is C17H28N4O3. The molecule has 2 heterocycles. The highest BCUT2D eigenvalue weighted by Gasteiger charge is 2.58. The Morgan fingerprint density at radius 1 is 1.38 bits per heavy atom. The molecule has 1 saturated heterocycles. The third kappa shape index (κ3) is 3.02. The standard InChI is InChI=1S/C17H28N4O3/c1-16(2)14(11-17(16,3)23-4)18-15(22)21-8-6-20(7-9-21)12-13-5-10-24-19-13/h5,10,14H,6-9,11-12H2,1-4H3,(H,18,22)/t14-,17+/m0/s1. The van der Waals surface area contributed by atoms with Gasteiger partial charge in [-0.15, -0.1) is 0 Å². The molecule has 1 aliphatic heterocycles. The van der Waals surface area contributed by atoms with Gasteiger partial charge in [-0.3, -0.25) is 4.90 Å². The normalized spacial score (nSPS) is 30.0. The Morgan fingerprint density at radius 3 is 2.62 bits per heavy atom. The van der Waals surface area contributed by atoms with Gasteiger partial charge in [0, 0.05) is 57.4 Å². The lowest BCUT2D eigenvalue weighted by Crippen LogP contribution is -2.69. The maximum atomic E-state index is 12.5. The molecule has 0 unspecified atom stereocenters. The predicted molar refractivity (Wildman–Crippen MR) is 89.5 cm³/mol. The molecule has 0 bridgehead atoms. The first-order valence-corrected chi connectivity index (χ1v) is 8.58. The van der Waals surface area contributed by atoms with Crippen LogP contribution in [-0.2, 0) is 11.3 Å². The zero-order valence-electron chi connectivity index (χ0n) is 15.0. The Kier molecular flexibility index (Phi) is 4.57. The fraction of sp³-hybridized carbons (Fsp3) is 0.765. The largest absolute Gasteiger partial charge is 0.378 e. The fourth-order valence-corrected chi connectivity index (χ4v) is 3.62. The summed E-state index contributed by atoms with van der Waals surface area (Å²) in [6.45, 7) is 10.4. The molecule has 1 aromatic rings. The highest BCUT2D eigenvalue weighted by atomic mass is 16.5. The van der Waals surface area contributed by atoms with Crippen molar-refractivity contribution >= 4 is 6.03 Å². The molecule has 0 spiro atoms. The van der Waals surface area contributed by atoms with Crippen LogP contribution in [0, 0.1) is 5.41 Å². The molecule has 3 rings (SSSR count). The number of ether oxygens (including phenoxy) is 1. The third-order valence-corrected chi connectivity index (χ3v) is 6.11. The van der Waals surface area contributed by atoms with Gasteiger partial charge >= 0.3 is 6.03 Å². The molecule has 1 N–H and O–H groups in total. The number of nitrogens with zero attached hydrogens (tertiary/aromatic N) is 3. The molecule has 2 amide bonds. The van der Waals surface area contributed by atoms with Crippen molar-refractivity contribution in [3.63, 3.8) is 0 Å². The Balaban J connectivity index is 1.46. The number of rotatable bonds is 4. The quantitative estimate of drug-likeness (QED) is 0.906. The second kappa shape index (κ2) is 6.37. The van der Waals surface area contributed by atoms with E-state index in [-0.39, 0.29) is 23.1 Å². The SMILES string of the molecule is CO[C@]1(C)C[C@H](NC(=O)N2CCN(Cc3ccon3)CC2)C1(C)C. The number of piperazine rings is 1. The smallest absolute Gasteiger partial charge is 0.317 e. The summed E-state index contributed by atoms with van der Waals surface area (Å²) < 4.78 is 10.5. The second-order valence-corrected chi connectivity index (χ2v) is 7.62. The number of amides is 2. The van der Waals surface area contributed by atoms with Gasteiger partial charge in [0.05, 0.1) is 11.3 Å². The van der Waals surface area contributed by atoms with Crippen molar-refractivity contribution < 1.29 is 14.1 Å². The van der Waals surface area contributed by atoms with Crippen LogP contribution in [0.3, 0.4) is 0 Å². The summed E-state index contributed by atoms with van der Waals surface area (Å²) in [4.78, 5) is 16.7. The van der Waals surface area contributed by atoms with E-state index in [0.29, 0.717) is 0 Å². The number of nitrogens with one attached hydrogen (secondary N) is 1. The van der Waals surface area contributed by atoms with Crippen LogP contribution in [0.4, 0.5) is 4.79 Å². The van der Waals surface area contributed by atoms with Crippen molar-refractivity contribution in [2.75, 3.05) is 33.3 Å². The Morgan fingerprint density at radius 2 is 2.08 bits per heavy atom. The number of hydrogen-bond donors (Lipinski definition) is 1. The van der Waals surface area contributed by atoms with E-state index in [0.717, 1.165) is 44.8 Å². The van der Waals surface area contributed by atoms with Crippen LogP contribution in [0.25, 0.3) is 0 Å². The van der Waals surface area contributed by atoms with Crippen LogP contribution < -0.4 is 5.32 Å². The number of hydrogen-bond acceptors (Lipinski definition) is 5. The first-order valence-electron chi connectivity index (χ1n) is 8.58. The van der Waals surface area contributed by atoms with Gasteiger partial charge < -0.3 is 19.5 Å². The lowest BCUT2D eigenvalue weighted by atomic mass is 9.56. The van der Waals surface area contributed by atoms with E-state index in [1.165, 1.54) is 0 Å². The maximum absolute atomic E-state index is 12.5. The topological polar surface area (TPSA) is 70.8 Å². The van der Waals surface area contributed by atoms with E-state index >= 15 is 0 Å². The van der Waals surface area contributed by atoms with Crippen molar-refractivity contribution in [2.24, 2.45) is 5.41 Å². The lowest BCUT2D eigenvalue weighted by molar-refractivity contribution is -0.177. The van der Waals surface area contributed by atoms with Gasteiger partial charge in [-0.1, -0.05) is 19.0 Å². The summed E-state index contributed by atoms with van der Waals surface area (Å²) >= 11 is 0. The monoisotopic (exact) mass is 336 g/mol. The highest BCUT2D eigenvalue weighted by molar-refractivity contribution is 5.75. The molecule has 7 nitrogen and oxygen atoms in total. The molecule has 7 heteroatoms. The van der Waals surface area contributed by atoms with Crippen molar-refractivity contribution in [2.45, 2.75) is 45.4 Å². The van der Waals surface area contributed by atoms with Crippen molar-refractivity contribution in [1.29, 1.82) is 0 Å². The summed E-state index contributed by atoms with van der Waals surface area (Å²) in [6.07, 6.45) is 2.45. The number of carbonyl (C=O) groups is 1. The summed E-state index contributed by atoms with van der Waals surface area (Å²) in [5, 5.41) is 7.13. The van der Waals surface area contributed by atoms with Gasteiger partial charge in [0.2, 0.25) is 0 Å². The van der Waals surface area contributed by atoms with Crippen LogP contribution in [0.5, 0.6) is 0 Å². The predicted octanol–water partition coefficient (Wildman–Crippen LogP) is 1.71. The zero-order chi connectivity index (χ0) is 17.4. The van der Waals surface area contributed by atoms with E-state index < -0.39 is 0 Å². The molecule has 0 aromatic carbocycles.